The Kier molecular flexibility index (Phi) is 1.64. The Morgan fingerprint density at radius 3 is 1.67 bits per heavy atom. The quantitative estimate of drug-likeness (QED) is 0.384. The van der Waals surface area contributed by atoms with Crippen molar-refractivity contribution in [3.05, 3.63) is 0 Å². The average Bonchev–Trinajstić information content (AvgIpc) is 1.36. The zero-order valence-electron chi connectivity index (χ0n) is 4.36. The van der Waals surface area contributed by atoms with Crippen molar-refractivity contribution in [3.8, 4) is 0 Å². The van der Waals surface area contributed by atoms with Crippen molar-refractivity contribution in [3.63, 3.8) is 0 Å². The molecule has 2 heteroatoms. The first-order valence-corrected chi connectivity index (χ1v) is 1.82. The van der Waals surface area contributed by atoms with E-state index in [9.17, 15) is 4.79 Å². The van der Waals surface area contributed by atoms with Crippen LogP contribution in [0.4, 0.5) is 0 Å². The minimum absolute atomic E-state index is 0.0926. The van der Waals surface area contributed by atoms with Crippen LogP contribution in [0.2, 0.25) is 0 Å². The lowest BCUT2D eigenvalue weighted by Gasteiger charge is -2.02. The zero-order valence-corrected chi connectivity index (χ0v) is 4.36. The van der Waals surface area contributed by atoms with Crippen LogP contribution < -0.4 is 0 Å². The number of carbonyl (C=O) groups excluding carboxylic acids is 1. The third kappa shape index (κ3) is 1.76. The first-order valence-electron chi connectivity index (χ1n) is 1.82. The van der Waals surface area contributed by atoms with Gasteiger partial charge in [0.15, 0.2) is 0 Å². The smallest absolute Gasteiger partial charge is 0.218 e. The Hall–Kier alpha value is -0.530. The number of hydrogen-bond donors (Lipinski definition) is 0. The van der Waals surface area contributed by atoms with E-state index >= 15 is 0 Å². The van der Waals surface area contributed by atoms with Crippen LogP contribution in [-0.2, 0) is 4.79 Å². The van der Waals surface area contributed by atoms with E-state index in [1.807, 2.05) is 0 Å². The number of hydrogen-bond acceptors (Lipinski definition) is 1. The van der Waals surface area contributed by atoms with Gasteiger partial charge in [0, 0.05) is 21.0 Å². The van der Waals surface area contributed by atoms with Crippen molar-refractivity contribution in [2.24, 2.45) is 0 Å². The Morgan fingerprint density at radius 1 is 1.50 bits per heavy atom. The standard InChI is InChI=1S/C4H9NO/c1-4(6)5(2)3/h1-3H3/i4+1. The van der Waals surface area contributed by atoms with Crippen LogP contribution in [0.25, 0.3) is 0 Å². The minimum Gasteiger partial charge on any atom is -0.349 e. The van der Waals surface area contributed by atoms with Crippen LogP contribution in [0.1, 0.15) is 6.92 Å². The summed E-state index contributed by atoms with van der Waals surface area (Å²) in [5.41, 5.74) is 0. The number of carbonyl (C=O) groups is 1. The van der Waals surface area contributed by atoms with Gasteiger partial charge in [-0.3, -0.25) is 4.79 Å². The summed E-state index contributed by atoms with van der Waals surface area (Å²) in [6.45, 7) is 1.53. The molecule has 6 heavy (non-hydrogen) atoms. The molecular weight excluding hydrogens is 79.0 g/mol. The summed E-state index contributed by atoms with van der Waals surface area (Å²) in [7, 11) is 3.45. The van der Waals surface area contributed by atoms with Gasteiger partial charge >= 0.3 is 0 Å². The van der Waals surface area contributed by atoms with Crippen LogP contribution >= 0.6 is 0 Å². The lowest BCUT2D eigenvalue weighted by atomic mass is 11.0. The van der Waals surface area contributed by atoms with Gasteiger partial charge < -0.3 is 4.90 Å². The second kappa shape index (κ2) is 1.80. The fourth-order valence-corrected chi connectivity index (χ4v) is 0. The molecule has 0 N–H and O–H groups in total. The fourth-order valence-electron chi connectivity index (χ4n) is 0. The highest BCUT2D eigenvalue weighted by Gasteiger charge is 1.87. The highest BCUT2D eigenvalue weighted by atomic mass is 16.2. The predicted molar refractivity (Wildman–Crippen MR) is 24.4 cm³/mol. The molecule has 2 nitrogen and oxygen atoms in total. The summed E-state index contributed by atoms with van der Waals surface area (Å²) in [6.07, 6.45) is 0. The van der Waals surface area contributed by atoms with Crippen molar-refractivity contribution >= 4 is 5.91 Å². The van der Waals surface area contributed by atoms with E-state index in [1.165, 1.54) is 11.8 Å². The maximum atomic E-state index is 10.1. The summed E-state index contributed by atoms with van der Waals surface area (Å²) in [6, 6.07) is 0. The molecular formula is C4H9NO. The Labute approximate surface area is 37.8 Å². The molecule has 0 atom stereocenters. The normalized spacial score (nSPS) is 7.83. The molecule has 36 valence electrons. The molecule has 0 aliphatic rings. The summed E-state index contributed by atoms with van der Waals surface area (Å²) in [5.74, 6) is 0.0926. The monoisotopic (exact) mass is 88.1 g/mol. The van der Waals surface area contributed by atoms with Crippen molar-refractivity contribution in [1.82, 2.24) is 4.90 Å². The number of nitrogens with zero attached hydrogens (tertiary/aromatic N) is 1. The summed E-state index contributed by atoms with van der Waals surface area (Å²) < 4.78 is 0. The van der Waals surface area contributed by atoms with E-state index in [2.05, 4.69) is 0 Å². The maximum Gasteiger partial charge on any atom is 0.218 e. The van der Waals surface area contributed by atoms with Gasteiger partial charge in [0.05, 0.1) is 0 Å². The topological polar surface area (TPSA) is 20.3 Å². The van der Waals surface area contributed by atoms with E-state index in [0.29, 0.717) is 0 Å². The molecule has 0 aromatic rings. The average molecular weight is 88.1 g/mol. The Balaban J connectivity index is 3.26. The zero-order chi connectivity index (χ0) is 5.15. The lowest BCUT2D eigenvalue weighted by Crippen LogP contribution is -2.17. The van der Waals surface area contributed by atoms with Gasteiger partial charge in [-0.05, 0) is 0 Å². The number of rotatable bonds is 0. The van der Waals surface area contributed by atoms with Gasteiger partial charge in [-0.2, -0.15) is 0 Å². The van der Waals surface area contributed by atoms with E-state index < -0.39 is 0 Å². The third-order valence-corrected chi connectivity index (χ3v) is 0.630. The van der Waals surface area contributed by atoms with Crippen molar-refractivity contribution in [1.29, 1.82) is 0 Å². The molecule has 0 aromatic heterocycles. The van der Waals surface area contributed by atoms with Crippen LogP contribution in [0.5, 0.6) is 0 Å². The third-order valence-electron chi connectivity index (χ3n) is 0.630. The first-order chi connectivity index (χ1) is 2.64. The highest BCUT2D eigenvalue weighted by Crippen LogP contribution is 1.69. The molecule has 0 aliphatic heterocycles. The summed E-state index contributed by atoms with van der Waals surface area (Å²) >= 11 is 0. The maximum absolute atomic E-state index is 10.1. The van der Waals surface area contributed by atoms with Gasteiger partial charge in [0.25, 0.3) is 0 Å². The molecule has 0 spiro atoms. The van der Waals surface area contributed by atoms with Gasteiger partial charge in [-0.15, -0.1) is 0 Å². The molecule has 0 unspecified atom stereocenters. The van der Waals surface area contributed by atoms with E-state index in [-0.39, 0.29) is 5.91 Å². The Bertz CT molecular complexity index is 58.6. The van der Waals surface area contributed by atoms with Crippen molar-refractivity contribution in [2.75, 3.05) is 14.1 Å². The molecule has 0 rings (SSSR count). The van der Waals surface area contributed by atoms with E-state index in [4.69, 9.17) is 0 Å². The van der Waals surface area contributed by atoms with Crippen LogP contribution in [-0.4, -0.2) is 24.9 Å². The van der Waals surface area contributed by atoms with Crippen LogP contribution in [0.15, 0.2) is 0 Å². The molecule has 0 aromatic carbocycles. The molecule has 0 heterocycles. The molecule has 0 bridgehead atoms. The summed E-state index contributed by atoms with van der Waals surface area (Å²) in [5, 5.41) is 0. The SMILES string of the molecule is C[13C](=O)N(C)C. The van der Waals surface area contributed by atoms with Gasteiger partial charge in [0.2, 0.25) is 5.91 Å². The van der Waals surface area contributed by atoms with Crippen LogP contribution in [0.3, 0.4) is 0 Å². The highest BCUT2D eigenvalue weighted by molar-refractivity contribution is 5.72. The first kappa shape index (κ1) is 5.47. The largest absolute Gasteiger partial charge is 0.349 e. The molecule has 0 aliphatic carbocycles. The molecule has 1 amide bonds. The molecule has 0 saturated heterocycles. The van der Waals surface area contributed by atoms with E-state index in [1.54, 1.807) is 14.1 Å². The minimum atomic E-state index is 0.0926. The van der Waals surface area contributed by atoms with Crippen molar-refractivity contribution in [2.45, 2.75) is 6.92 Å². The number of amides is 1. The summed E-state index contributed by atoms with van der Waals surface area (Å²) in [4.78, 5) is 11.6. The lowest BCUT2D eigenvalue weighted by molar-refractivity contribution is -0.126. The van der Waals surface area contributed by atoms with E-state index in [0.717, 1.165) is 0 Å². The van der Waals surface area contributed by atoms with Gasteiger partial charge in [-0.1, -0.05) is 0 Å². The van der Waals surface area contributed by atoms with Crippen LogP contribution in [0, 0.1) is 0 Å². The van der Waals surface area contributed by atoms with Crippen molar-refractivity contribution < 1.29 is 4.79 Å². The molecule has 0 fully saturated rings. The Morgan fingerprint density at radius 2 is 1.67 bits per heavy atom. The molecule has 0 radical (unpaired) electrons. The predicted octanol–water partition coefficient (Wildman–Crippen LogP) is 0.0945. The molecule has 0 saturated carbocycles. The van der Waals surface area contributed by atoms with Gasteiger partial charge in [-0.25, -0.2) is 0 Å². The fraction of sp³-hybridized carbons (Fsp3) is 0.750. The van der Waals surface area contributed by atoms with Gasteiger partial charge in [0.1, 0.15) is 0 Å². The second-order valence-electron chi connectivity index (χ2n) is 1.41. The second-order valence-corrected chi connectivity index (χ2v) is 1.41.